The van der Waals surface area contributed by atoms with Crippen molar-refractivity contribution in [2.45, 2.75) is 19.9 Å². The van der Waals surface area contributed by atoms with Crippen LogP contribution in [0.4, 0.5) is 0 Å². The third kappa shape index (κ3) is 3.80. The summed E-state index contributed by atoms with van der Waals surface area (Å²) in [6, 6.07) is 12.7. The molecule has 0 atom stereocenters. The number of aryl methyl sites for hydroxylation is 1. The summed E-state index contributed by atoms with van der Waals surface area (Å²) < 4.78 is 0. The largest absolute Gasteiger partial charge is 0.352 e. The summed E-state index contributed by atoms with van der Waals surface area (Å²) in [4.78, 5) is 11.5. The molecule has 0 aromatic heterocycles. The molecular formula is C16H20N2O. The lowest BCUT2D eigenvalue weighted by Gasteiger charge is -2.07. The molecule has 0 saturated carbocycles. The Morgan fingerprint density at radius 2 is 1.84 bits per heavy atom. The van der Waals surface area contributed by atoms with E-state index in [2.05, 4.69) is 54.0 Å². The molecule has 0 aliphatic rings. The van der Waals surface area contributed by atoms with Crippen molar-refractivity contribution >= 4 is 16.7 Å². The first-order chi connectivity index (χ1) is 9.19. The molecule has 0 aliphatic heterocycles. The molecule has 2 N–H and O–H groups in total. The molecule has 0 spiro atoms. The molecule has 100 valence electrons. The third-order valence-electron chi connectivity index (χ3n) is 3.15. The van der Waals surface area contributed by atoms with E-state index < -0.39 is 0 Å². The maximum absolute atomic E-state index is 11.5. The first-order valence-electron chi connectivity index (χ1n) is 6.59. The Morgan fingerprint density at radius 1 is 1.11 bits per heavy atom. The van der Waals surface area contributed by atoms with E-state index in [1.807, 2.05) is 7.05 Å². The van der Waals surface area contributed by atoms with Crippen LogP contribution in [-0.2, 0) is 11.3 Å². The number of fused-ring (bicyclic) bond motifs is 1. The summed E-state index contributed by atoms with van der Waals surface area (Å²) in [5, 5.41) is 8.35. The second-order valence-electron chi connectivity index (χ2n) is 4.82. The zero-order valence-corrected chi connectivity index (χ0v) is 11.5. The fourth-order valence-electron chi connectivity index (χ4n) is 2.05. The van der Waals surface area contributed by atoms with Gasteiger partial charge in [-0.05, 0) is 36.4 Å². The van der Waals surface area contributed by atoms with Crippen LogP contribution < -0.4 is 10.6 Å². The van der Waals surface area contributed by atoms with Crippen LogP contribution in [0.2, 0.25) is 0 Å². The summed E-state index contributed by atoms with van der Waals surface area (Å²) in [5.74, 6) is 0.0818. The molecule has 1 amide bonds. The number of carbonyl (C=O) groups excluding carboxylic acids is 1. The second kappa shape index (κ2) is 6.34. The maximum atomic E-state index is 11.5. The quantitative estimate of drug-likeness (QED) is 0.862. The van der Waals surface area contributed by atoms with Crippen molar-refractivity contribution < 1.29 is 4.79 Å². The summed E-state index contributed by atoms with van der Waals surface area (Å²) in [5.41, 5.74) is 2.40. The molecule has 3 nitrogen and oxygen atoms in total. The first-order valence-corrected chi connectivity index (χ1v) is 6.59. The fraction of sp³-hybridized carbons (Fsp3) is 0.312. The van der Waals surface area contributed by atoms with Crippen molar-refractivity contribution in [3.63, 3.8) is 0 Å². The highest BCUT2D eigenvalue weighted by molar-refractivity contribution is 5.84. The average molecular weight is 256 g/mol. The lowest BCUT2D eigenvalue weighted by molar-refractivity contribution is -0.121. The zero-order valence-electron chi connectivity index (χ0n) is 11.5. The Morgan fingerprint density at radius 3 is 2.63 bits per heavy atom. The van der Waals surface area contributed by atoms with Crippen molar-refractivity contribution in [2.75, 3.05) is 13.6 Å². The molecule has 0 saturated heterocycles. The molecule has 19 heavy (non-hydrogen) atoms. The number of hydrogen-bond donors (Lipinski definition) is 2. The first kappa shape index (κ1) is 13.6. The summed E-state index contributed by atoms with van der Waals surface area (Å²) in [7, 11) is 1.85. The Hall–Kier alpha value is -1.87. The van der Waals surface area contributed by atoms with E-state index in [9.17, 15) is 4.79 Å². The minimum atomic E-state index is 0.0818. The normalized spacial score (nSPS) is 10.6. The molecule has 2 aromatic rings. The van der Waals surface area contributed by atoms with Crippen LogP contribution in [0.1, 0.15) is 17.5 Å². The predicted molar refractivity (Wildman–Crippen MR) is 79.1 cm³/mol. The molecule has 3 heteroatoms. The number of nitrogens with one attached hydrogen (secondary N) is 2. The Bertz CT molecular complexity index is 578. The number of amides is 1. The third-order valence-corrected chi connectivity index (χ3v) is 3.15. The van der Waals surface area contributed by atoms with Gasteiger partial charge in [0.25, 0.3) is 0 Å². The average Bonchev–Trinajstić information content (AvgIpc) is 2.42. The van der Waals surface area contributed by atoms with E-state index >= 15 is 0 Å². The molecule has 0 unspecified atom stereocenters. The highest BCUT2D eigenvalue weighted by atomic mass is 16.1. The molecule has 0 fully saturated rings. The molecule has 0 aliphatic carbocycles. The van der Waals surface area contributed by atoms with Gasteiger partial charge in [0.05, 0.1) is 0 Å². The lowest BCUT2D eigenvalue weighted by atomic mass is 10.0. The molecule has 0 radical (unpaired) electrons. The van der Waals surface area contributed by atoms with Crippen LogP contribution in [0.5, 0.6) is 0 Å². The van der Waals surface area contributed by atoms with E-state index in [0.29, 0.717) is 19.5 Å². The van der Waals surface area contributed by atoms with Gasteiger partial charge in [0, 0.05) is 19.5 Å². The Balaban J connectivity index is 2.01. The van der Waals surface area contributed by atoms with Crippen LogP contribution in [0, 0.1) is 6.92 Å². The molecule has 0 bridgehead atoms. The number of rotatable bonds is 5. The summed E-state index contributed by atoms with van der Waals surface area (Å²) in [6.07, 6.45) is 0.517. The van der Waals surface area contributed by atoms with Gasteiger partial charge in [0.2, 0.25) is 5.91 Å². The SMILES string of the molecule is CNCCC(=O)NCc1ccc2cc(C)ccc2c1. The van der Waals surface area contributed by atoms with Crippen molar-refractivity contribution in [1.29, 1.82) is 0 Å². The van der Waals surface area contributed by atoms with Gasteiger partial charge in [-0.25, -0.2) is 0 Å². The smallest absolute Gasteiger partial charge is 0.221 e. The molecule has 2 aromatic carbocycles. The van der Waals surface area contributed by atoms with E-state index in [1.165, 1.54) is 16.3 Å². The number of benzene rings is 2. The van der Waals surface area contributed by atoms with Crippen molar-refractivity contribution in [3.05, 3.63) is 47.5 Å². The van der Waals surface area contributed by atoms with Gasteiger partial charge in [-0.15, -0.1) is 0 Å². The monoisotopic (exact) mass is 256 g/mol. The van der Waals surface area contributed by atoms with Gasteiger partial charge in [0.1, 0.15) is 0 Å². The Labute approximate surface area is 114 Å². The summed E-state index contributed by atoms with van der Waals surface area (Å²) >= 11 is 0. The lowest BCUT2D eigenvalue weighted by Crippen LogP contribution is -2.26. The van der Waals surface area contributed by atoms with Crippen molar-refractivity contribution in [1.82, 2.24) is 10.6 Å². The highest BCUT2D eigenvalue weighted by Crippen LogP contribution is 2.17. The molecule has 2 rings (SSSR count). The van der Waals surface area contributed by atoms with Gasteiger partial charge >= 0.3 is 0 Å². The maximum Gasteiger partial charge on any atom is 0.221 e. The van der Waals surface area contributed by atoms with Gasteiger partial charge < -0.3 is 10.6 Å². The van der Waals surface area contributed by atoms with Crippen LogP contribution in [0.15, 0.2) is 36.4 Å². The number of hydrogen-bond acceptors (Lipinski definition) is 2. The topological polar surface area (TPSA) is 41.1 Å². The van der Waals surface area contributed by atoms with Crippen LogP contribution in [0.3, 0.4) is 0 Å². The minimum Gasteiger partial charge on any atom is -0.352 e. The van der Waals surface area contributed by atoms with Crippen LogP contribution >= 0.6 is 0 Å². The molecule has 0 heterocycles. The Kier molecular flexibility index (Phi) is 4.53. The standard InChI is InChI=1S/C16H20N2O/c1-12-3-5-15-10-13(4-6-14(15)9-12)11-18-16(19)7-8-17-2/h3-6,9-10,17H,7-8,11H2,1-2H3,(H,18,19). The van der Waals surface area contributed by atoms with Gasteiger partial charge in [0.15, 0.2) is 0 Å². The van der Waals surface area contributed by atoms with Gasteiger partial charge in [-0.2, -0.15) is 0 Å². The second-order valence-corrected chi connectivity index (χ2v) is 4.82. The van der Waals surface area contributed by atoms with Crippen molar-refractivity contribution in [2.24, 2.45) is 0 Å². The minimum absolute atomic E-state index is 0.0818. The van der Waals surface area contributed by atoms with Crippen LogP contribution in [0.25, 0.3) is 10.8 Å². The summed E-state index contributed by atoms with van der Waals surface area (Å²) in [6.45, 7) is 3.39. The molecular weight excluding hydrogens is 236 g/mol. The van der Waals surface area contributed by atoms with Gasteiger partial charge in [-0.3, -0.25) is 4.79 Å². The zero-order chi connectivity index (χ0) is 13.7. The van der Waals surface area contributed by atoms with E-state index in [4.69, 9.17) is 0 Å². The van der Waals surface area contributed by atoms with Crippen molar-refractivity contribution in [3.8, 4) is 0 Å². The van der Waals surface area contributed by atoms with Crippen LogP contribution in [-0.4, -0.2) is 19.5 Å². The fourth-order valence-corrected chi connectivity index (χ4v) is 2.05. The van der Waals surface area contributed by atoms with Gasteiger partial charge in [-0.1, -0.05) is 35.9 Å². The highest BCUT2D eigenvalue weighted by Gasteiger charge is 2.01. The van der Waals surface area contributed by atoms with E-state index in [1.54, 1.807) is 0 Å². The number of carbonyl (C=O) groups is 1. The van der Waals surface area contributed by atoms with E-state index in [0.717, 1.165) is 5.56 Å². The predicted octanol–water partition coefficient (Wildman–Crippen LogP) is 2.37. The van der Waals surface area contributed by atoms with E-state index in [-0.39, 0.29) is 5.91 Å².